The summed E-state index contributed by atoms with van der Waals surface area (Å²) < 4.78 is 0. The summed E-state index contributed by atoms with van der Waals surface area (Å²) in [6.07, 6.45) is 2.83. The Bertz CT molecular complexity index is 299. The van der Waals surface area contributed by atoms with Crippen LogP contribution in [0.1, 0.15) is 24.5 Å². The smallest absolute Gasteiger partial charge is 0.129 e. The SMILES string of the molecule is Cc1cnc(NC(C)CCCl)c(C)c1. The van der Waals surface area contributed by atoms with Crippen molar-refractivity contribution in [1.82, 2.24) is 4.98 Å². The minimum absolute atomic E-state index is 0.376. The summed E-state index contributed by atoms with van der Waals surface area (Å²) in [4.78, 5) is 4.35. The molecule has 0 bridgehead atoms. The van der Waals surface area contributed by atoms with Gasteiger partial charge in [0.05, 0.1) is 0 Å². The third-order valence-corrected chi connectivity index (χ3v) is 2.36. The number of nitrogens with zero attached hydrogens (tertiary/aromatic N) is 1. The van der Waals surface area contributed by atoms with Crippen LogP contribution in [0.2, 0.25) is 0 Å². The average molecular weight is 213 g/mol. The molecule has 0 aliphatic rings. The molecular formula is C11H17ClN2. The lowest BCUT2D eigenvalue weighted by Crippen LogP contribution is -2.17. The Morgan fingerprint density at radius 1 is 1.50 bits per heavy atom. The third-order valence-electron chi connectivity index (χ3n) is 2.14. The number of hydrogen-bond donors (Lipinski definition) is 1. The van der Waals surface area contributed by atoms with Crippen LogP contribution in [0.25, 0.3) is 0 Å². The highest BCUT2D eigenvalue weighted by molar-refractivity contribution is 6.17. The second-order valence-electron chi connectivity index (χ2n) is 3.70. The Labute approximate surface area is 90.7 Å². The molecule has 1 unspecified atom stereocenters. The van der Waals surface area contributed by atoms with Gasteiger partial charge < -0.3 is 5.32 Å². The molecule has 1 atom stereocenters. The lowest BCUT2D eigenvalue weighted by molar-refractivity contribution is 0.762. The Morgan fingerprint density at radius 3 is 2.79 bits per heavy atom. The lowest BCUT2D eigenvalue weighted by Gasteiger charge is -2.14. The van der Waals surface area contributed by atoms with E-state index in [-0.39, 0.29) is 0 Å². The van der Waals surface area contributed by atoms with Gasteiger partial charge in [-0.2, -0.15) is 0 Å². The number of hydrogen-bond acceptors (Lipinski definition) is 2. The highest BCUT2D eigenvalue weighted by Crippen LogP contribution is 2.14. The predicted molar refractivity (Wildman–Crippen MR) is 62.1 cm³/mol. The maximum atomic E-state index is 5.67. The summed E-state index contributed by atoms with van der Waals surface area (Å²) in [5.74, 6) is 1.65. The van der Waals surface area contributed by atoms with Crippen molar-refractivity contribution >= 4 is 17.4 Å². The fraction of sp³-hybridized carbons (Fsp3) is 0.545. The van der Waals surface area contributed by atoms with Gasteiger partial charge in [-0.05, 0) is 38.3 Å². The maximum absolute atomic E-state index is 5.67. The molecule has 0 amide bonds. The van der Waals surface area contributed by atoms with Gasteiger partial charge in [0.15, 0.2) is 0 Å². The molecule has 0 saturated heterocycles. The van der Waals surface area contributed by atoms with E-state index >= 15 is 0 Å². The van der Waals surface area contributed by atoms with E-state index in [9.17, 15) is 0 Å². The van der Waals surface area contributed by atoms with Crippen LogP contribution in [-0.4, -0.2) is 16.9 Å². The second-order valence-corrected chi connectivity index (χ2v) is 4.08. The van der Waals surface area contributed by atoms with Crippen LogP contribution >= 0.6 is 11.6 Å². The van der Waals surface area contributed by atoms with Crippen LogP contribution in [0.4, 0.5) is 5.82 Å². The monoisotopic (exact) mass is 212 g/mol. The number of alkyl halides is 1. The molecule has 2 nitrogen and oxygen atoms in total. The van der Waals surface area contributed by atoms with Gasteiger partial charge in [-0.15, -0.1) is 11.6 Å². The molecule has 0 spiro atoms. The van der Waals surface area contributed by atoms with Crippen LogP contribution in [0.5, 0.6) is 0 Å². The summed E-state index contributed by atoms with van der Waals surface area (Å²) in [6, 6.07) is 2.50. The van der Waals surface area contributed by atoms with Gasteiger partial charge in [-0.25, -0.2) is 4.98 Å². The van der Waals surface area contributed by atoms with E-state index in [1.165, 1.54) is 11.1 Å². The number of rotatable bonds is 4. The van der Waals surface area contributed by atoms with Crippen LogP contribution in [-0.2, 0) is 0 Å². The molecule has 0 fully saturated rings. The Morgan fingerprint density at radius 2 is 2.21 bits per heavy atom. The first-order valence-electron chi connectivity index (χ1n) is 4.89. The second kappa shape index (κ2) is 5.20. The fourth-order valence-electron chi connectivity index (χ4n) is 1.34. The van der Waals surface area contributed by atoms with Gasteiger partial charge in [0.1, 0.15) is 5.82 Å². The van der Waals surface area contributed by atoms with E-state index < -0.39 is 0 Å². The minimum atomic E-state index is 0.376. The quantitative estimate of drug-likeness (QED) is 0.776. The highest BCUT2D eigenvalue weighted by atomic mass is 35.5. The predicted octanol–water partition coefficient (Wildman–Crippen LogP) is 3.13. The van der Waals surface area contributed by atoms with Gasteiger partial charge in [0, 0.05) is 18.1 Å². The van der Waals surface area contributed by atoms with Crippen LogP contribution in [0, 0.1) is 13.8 Å². The third kappa shape index (κ3) is 3.18. The Hall–Kier alpha value is -0.760. The molecule has 1 aromatic heterocycles. The molecule has 0 saturated carbocycles. The molecule has 1 aromatic rings. The number of anilines is 1. The first-order chi connectivity index (χ1) is 6.63. The molecule has 0 aliphatic heterocycles. The van der Waals surface area contributed by atoms with Crippen molar-refractivity contribution in [3.8, 4) is 0 Å². The number of aryl methyl sites for hydroxylation is 2. The van der Waals surface area contributed by atoms with Crippen molar-refractivity contribution in [2.24, 2.45) is 0 Å². The van der Waals surface area contributed by atoms with E-state index in [1.54, 1.807) is 0 Å². The molecule has 0 aliphatic carbocycles. The van der Waals surface area contributed by atoms with Crippen molar-refractivity contribution < 1.29 is 0 Å². The van der Waals surface area contributed by atoms with Crippen molar-refractivity contribution in [3.05, 3.63) is 23.4 Å². The lowest BCUT2D eigenvalue weighted by atomic mass is 10.2. The average Bonchev–Trinajstić information content (AvgIpc) is 2.10. The topological polar surface area (TPSA) is 24.9 Å². The van der Waals surface area contributed by atoms with Gasteiger partial charge >= 0.3 is 0 Å². The molecule has 1 N–H and O–H groups in total. The summed E-state index contributed by atoms with van der Waals surface area (Å²) in [7, 11) is 0. The number of halogens is 1. The van der Waals surface area contributed by atoms with Gasteiger partial charge in [-0.1, -0.05) is 6.07 Å². The summed E-state index contributed by atoms with van der Waals surface area (Å²) >= 11 is 5.67. The Kier molecular flexibility index (Phi) is 4.21. The van der Waals surface area contributed by atoms with Crippen LogP contribution in [0.3, 0.4) is 0 Å². The van der Waals surface area contributed by atoms with Crippen molar-refractivity contribution in [2.45, 2.75) is 33.2 Å². The van der Waals surface area contributed by atoms with Crippen LogP contribution < -0.4 is 5.32 Å². The standard InChI is InChI=1S/C11H17ClN2/c1-8-6-9(2)11(13-7-8)14-10(3)4-5-12/h6-7,10H,4-5H2,1-3H3,(H,13,14). The zero-order chi connectivity index (χ0) is 10.6. The largest absolute Gasteiger partial charge is 0.367 e. The van der Waals surface area contributed by atoms with E-state index in [4.69, 9.17) is 11.6 Å². The number of pyridine rings is 1. The molecule has 14 heavy (non-hydrogen) atoms. The van der Waals surface area contributed by atoms with Gasteiger partial charge in [0.2, 0.25) is 0 Å². The fourth-order valence-corrected chi connectivity index (χ4v) is 1.66. The summed E-state index contributed by atoms with van der Waals surface area (Å²) in [5.41, 5.74) is 2.38. The van der Waals surface area contributed by atoms with Crippen LogP contribution in [0.15, 0.2) is 12.3 Å². The first kappa shape index (κ1) is 11.3. The molecular weight excluding hydrogens is 196 g/mol. The van der Waals surface area contributed by atoms with Gasteiger partial charge in [0.25, 0.3) is 0 Å². The normalized spacial score (nSPS) is 12.6. The van der Waals surface area contributed by atoms with E-state index in [1.807, 2.05) is 13.1 Å². The molecule has 78 valence electrons. The molecule has 0 aromatic carbocycles. The number of aromatic nitrogens is 1. The first-order valence-corrected chi connectivity index (χ1v) is 5.42. The zero-order valence-electron chi connectivity index (χ0n) is 8.97. The summed E-state index contributed by atoms with van der Waals surface area (Å²) in [6.45, 7) is 6.23. The minimum Gasteiger partial charge on any atom is -0.367 e. The van der Waals surface area contributed by atoms with E-state index in [0.29, 0.717) is 11.9 Å². The molecule has 1 heterocycles. The summed E-state index contributed by atoms with van der Waals surface area (Å²) in [5, 5.41) is 3.34. The van der Waals surface area contributed by atoms with E-state index in [0.717, 1.165) is 12.2 Å². The van der Waals surface area contributed by atoms with Crippen molar-refractivity contribution in [2.75, 3.05) is 11.2 Å². The highest BCUT2D eigenvalue weighted by Gasteiger charge is 2.04. The van der Waals surface area contributed by atoms with E-state index in [2.05, 4.69) is 30.2 Å². The van der Waals surface area contributed by atoms with Gasteiger partial charge in [-0.3, -0.25) is 0 Å². The zero-order valence-corrected chi connectivity index (χ0v) is 9.73. The molecule has 3 heteroatoms. The molecule has 1 rings (SSSR count). The van der Waals surface area contributed by atoms with Crippen molar-refractivity contribution in [1.29, 1.82) is 0 Å². The Balaban J connectivity index is 2.67. The number of nitrogens with one attached hydrogen (secondary N) is 1. The van der Waals surface area contributed by atoms with Crippen molar-refractivity contribution in [3.63, 3.8) is 0 Å². The maximum Gasteiger partial charge on any atom is 0.129 e. The molecule has 0 radical (unpaired) electrons.